The van der Waals surface area contributed by atoms with Gasteiger partial charge in [-0.15, -0.1) is 0 Å². The Hall–Kier alpha value is -1.33. The Kier molecular flexibility index (Phi) is 5.60. The zero-order chi connectivity index (χ0) is 11.8. The first kappa shape index (κ1) is 12.7. The van der Waals surface area contributed by atoms with E-state index in [4.69, 9.17) is 10.5 Å². The van der Waals surface area contributed by atoms with Crippen molar-refractivity contribution < 1.29 is 4.74 Å². The third-order valence-electron chi connectivity index (χ3n) is 2.26. The SMILES string of the molecule is COCCN(C)CCNc1cncc(N)c1. The molecule has 1 heterocycles. The van der Waals surface area contributed by atoms with Gasteiger partial charge in [0.2, 0.25) is 0 Å². The van der Waals surface area contributed by atoms with E-state index in [1.807, 2.05) is 6.07 Å². The Bertz CT molecular complexity index is 306. The number of nitrogens with one attached hydrogen (secondary N) is 1. The molecule has 0 fully saturated rings. The zero-order valence-corrected chi connectivity index (χ0v) is 9.94. The van der Waals surface area contributed by atoms with Gasteiger partial charge in [0.1, 0.15) is 0 Å². The van der Waals surface area contributed by atoms with Gasteiger partial charge in [-0.05, 0) is 13.1 Å². The first-order chi connectivity index (χ1) is 7.72. The zero-order valence-electron chi connectivity index (χ0n) is 9.94. The Morgan fingerprint density at radius 3 is 2.94 bits per heavy atom. The maximum absolute atomic E-state index is 5.63. The summed E-state index contributed by atoms with van der Waals surface area (Å²) >= 11 is 0. The van der Waals surface area contributed by atoms with Crippen LogP contribution in [0.4, 0.5) is 11.4 Å². The quantitative estimate of drug-likeness (QED) is 0.712. The first-order valence-corrected chi connectivity index (χ1v) is 5.34. The number of nitrogens with two attached hydrogens (primary N) is 1. The van der Waals surface area contributed by atoms with Crippen LogP contribution in [0.15, 0.2) is 18.5 Å². The molecule has 0 aliphatic heterocycles. The van der Waals surface area contributed by atoms with E-state index in [1.165, 1.54) is 0 Å². The molecule has 1 rings (SSSR count). The molecule has 0 aromatic carbocycles. The number of methoxy groups -OCH3 is 1. The van der Waals surface area contributed by atoms with Crippen LogP contribution in [0.5, 0.6) is 0 Å². The molecule has 3 N–H and O–H groups in total. The molecule has 5 nitrogen and oxygen atoms in total. The molecule has 0 aliphatic rings. The lowest BCUT2D eigenvalue weighted by atomic mass is 10.3. The van der Waals surface area contributed by atoms with Gasteiger partial charge >= 0.3 is 0 Å². The van der Waals surface area contributed by atoms with Crippen LogP contribution >= 0.6 is 0 Å². The number of pyridine rings is 1. The summed E-state index contributed by atoms with van der Waals surface area (Å²) in [5.41, 5.74) is 7.26. The number of ether oxygens (including phenoxy) is 1. The van der Waals surface area contributed by atoms with Gasteiger partial charge < -0.3 is 20.7 Å². The summed E-state index contributed by atoms with van der Waals surface area (Å²) in [5, 5.41) is 3.27. The van der Waals surface area contributed by atoms with Crippen LogP contribution in [0.25, 0.3) is 0 Å². The van der Waals surface area contributed by atoms with Crippen LogP contribution in [-0.4, -0.2) is 50.3 Å². The fraction of sp³-hybridized carbons (Fsp3) is 0.545. The van der Waals surface area contributed by atoms with Crippen molar-refractivity contribution >= 4 is 11.4 Å². The van der Waals surface area contributed by atoms with Gasteiger partial charge in [-0.1, -0.05) is 0 Å². The number of hydrogen-bond donors (Lipinski definition) is 2. The summed E-state index contributed by atoms with van der Waals surface area (Å²) in [6.45, 7) is 3.52. The summed E-state index contributed by atoms with van der Waals surface area (Å²) in [5.74, 6) is 0. The Labute approximate surface area is 96.6 Å². The topological polar surface area (TPSA) is 63.4 Å². The number of likely N-dealkylation sites (N-methyl/N-ethyl adjacent to an activating group) is 1. The number of rotatable bonds is 7. The maximum Gasteiger partial charge on any atom is 0.0589 e. The highest BCUT2D eigenvalue weighted by molar-refractivity contribution is 5.51. The monoisotopic (exact) mass is 224 g/mol. The predicted molar refractivity (Wildman–Crippen MR) is 66.5 cm³/mol. The minimum absolute atomic E-state index is 0.678. The average Bonchev–Trinajstić information content (AvgIpc) is 2.26. The summed E-state index contributed by atoms with van der Waals surface area (Å²) < 4.78 is 5.00. The van der Waals surface area contributed by atoms with Crippen molar-refractivity contribution in [2.75, 3.05) is 51.4 Å². The number of anilines is 2. The van der Waals surface area contributed by atoms with Gasteiger partial charge in [-0.2, -0.15) is 0 Å². The second kappa shape index (κ2) is 7.03. The van der Waals surface area contributed by atoms with Crippen LogP contribution in [0.3, 0.4) is 0 Å². The van der Waals surface area contributed by atoms with Gasteiger partial charge in [-0.3, -0.25) is 4.98 Å². The molecule has 0 saturated heterocycles. The normalized spacial score (nSPS) is 10.7. The molecule has 0 bridgehead atoms. The van der Waals surface area contributed by atoms with Crippen molar-refractivity contribution in [2.45, 2.75) is 0 Å². The van der Waals surface area contributed by atoms with E-state index in [1.54, 1.807) is 19.5 Å². The fourth-order valence-corrected chi connectivity index (χ4v) is 1.30. The summed E-state index contributed by atoms with van der Waals surface area (Å²) in [6, 6.07) is 1.88. The lowest BCUT2D eigenvalue weighted by Crippen LogP contribution is -2.28. The maximum atomic E-state index is 5.63. The van der Waals surface area contributed by atoms with Crippen molar-refractivity contribution in [3.8, 4) is 0 Å². The van der Waals surface area contributed by atoms with E-state index in [2.05, 4.69) is 22.2 Å². The minimum atomic E-state index is 0.678. The number of aromatic nitrogens is 1. The molecule has 1 aromatic heterocycles. The summed E-state index contributed by atoms with van der Waals surface area (Å²) in [4.78, 5) is 6.22. The summed E-state index contributed by atoms with van der Waals surface area (Å²) in [6.07, 6.45) is 3.40. The second-order valence-corrected chi connectivity index (χ2v) is 3.73. The summed E-state index contributed by atoms with van der Waals surface area (Å²) in [7, 11) is 3.78. The van der Waals surface area contributed by atoms with Crippen LogP contribution in [-0.2, 0) is 4.74 Å². The molecule has 90 valence electrons. The van der Waals surface area contributed by atoms with Crippen LogP contribution in [0.1, 0.15) is 0 Å². The molecule has 0 radical (unpaired) electrons. The fourth-order valence-electron chi connectivity index (χ4n) is 1.30. The van der Waals surface area contributed by atoms with Gasteiger partial charge in [-0.25, -0.2) is 0 Å². The Morgan fingerprint density at radius 1 is 1.44 bits per heavy atom. The third kappa shape index (κ3) is 4.95. The molecule has 0 aliphatic carbocycles. The Morgan fingerprint density at radius 2 is 2.25 bits per heavy atom. The van der Waals surface area contributed by atoms with Crippen molar-refractivity contribution in [1.29, 1.82) is 0 Å². The lowest BCUT2D eigenvalue weighted by Gasteiger charge is -2.16. The lowest BCUT2D eigenvalue weighted by molar-refractivity contribution is 0.163. The van der Waals surface area contributed by atoms with Crippen LogP contribution < -0.4 is 11.1 Å². The first-order valence-electron chi connectivity index (χ1n) is 5.34. The van der Waals surface area contributed by atoms with E-state index in [-0.39, 0.29) is 0 Å². The Balaban J connectivity index is 2.20. The number of nitrogens with zero attached hydrogens (tertiary/aromatic N) is 2. The van der Waals surface area contributed by atoms with Crippen molar-refractivity contribution in [2.24, 2.45) is 0 Å². The van der Waals surface area contributed by atoms with Gasteiger partial charge in [0.05, 0.1) is 24.2 Å². The molecule has 0 spiro atoms. The van der Waals surface area contributed by atoms with E-state index < -0.39 is 0 Å². The molecular weight excluding hydrogens is 204 g/mol. The molecule has 0 amide bonds. The van der Waals surface area contributed by atoms with E-state index >= 15 is 0 Å². The number of hydrogen-bond acceptors (Lipinski definition) is 5. The van der Waals surface area contributed by atoms with E-state index in [0.29, 0.717) is 5.69 Å². The number of nitrogen functional groups attached to an aromatic ring is 1. The van der Waals surface area contributed by atoms with Crippen LogP contribution in [0.2, 0.25) is 0 Å². The third-order valence-corrected chi connectivity index (χ3v) is 2.26. The van der Waals surface area contributed by atoms with Gasteiger partial charge in [0, 0.05) is 32.9 Å². The highest BCUT2D eigenvalue weighted by Gasteiger charge is 1.98. The van der Waals surface area contributed by atoms with Gasteiger partial charge in [0.25, 0.3) is 0 Å². The average molecular weight is 224 g/mol. The molecule has 0 saturated carbocycles. The van der Waals surface area contributed by atoms with Gasteiger partial charge in [0.15, 0.2) is 0 Å². The highest BCUT2D eigenvalue weighted by Crippen LogP contribution is 2.08. The van der Waals surface area contributed by atoms with Crippen molar-refractivity contribution in [1.82, 2.24) is 9.88 Å². The second-order valence-electron chi connectivity index (χ2n) is 3.73. The smallest absolute Gasteiger partial charge is 0.0589 e. The molecule has 5 heteroatoms. The van der Waals surface area contributed by atoms with Crippen molar-refractivity contribution in [3.63, 3.8) is 0 Å². The van der Waals surface area contributed by atoms with Crippen LogP contribution in [0, 0.1) is 0 Å². The molecule has 0 atom stereocenters. The van der Waals surface area contributed by atoms with Crippen molar-refractivity contribution in [3.05, 3.63) is 18.5 Å². The van der Waals surface area contributed by atoms with E-state index in [0.717, 1.165) is 31.9 Å². The highest BCUT2D eigenvalue weighted by atomic mass is 16.5. The molecule has 1 aromatic rings. The largest absolute Gasteiger partial charge is 0.397 e. The van der Waals surface area contributed by atoms with E-state index in [9.17, 15) is 0 Å². The molecule has 16 heavy (non-hydrogen) atoms. The minimum Gasteiger partial charge on any atom is -0.397 e. The standard InChI is InChI=1S/C11H20N4O/c1-15(5-6-16-2)4-3-14-11-7-10(12)8-13-9-11/h7-9,14H,3-6,12H2,1-2H3. The predicted octanol–water partition coefficient (Wildman–Crippen LogP) is 0.654. The molecular formula is C11H20N4O. The molecule has 0 unspecified atom stereocenters.